The molecule has 0 rings (SSSR count). The maximum Gasteiger partial charge on any atom is 0.282 e. The highest BCUT2D eigenvalue weighted by Crippen LogP contribution is 2.24. The number of hydrogen-bond donors (Lipinski definition) is 0. The second-order valence-electron chi connectivity index (χ2n) is 0.756. The van der Waals surface area contributed by atoms with Crippen LogP contribution in [0.3, 0.4) is 0 Å². The lowest BCUT2D eigenvalue weighted by Crippen LogP contribution is -1.89. The Morgan fingerprint density at radius 2 is 2.43 bits per heavy atom. The van der Waals surface area contributed by atoms with E-state index < -0.39 is 0 Å². The predicted octanol–water partition coefficient (Wildman–Crippen LogP) is 1.62. The zero-order valence-electron chi connectivity index (χ0n) is 3.59. The largest absolute Gasteiger partial charge is 0.447 e. The second kappa shape index (κ2) is 7.01. The van der Waals surface area contributed by atoms with Gasteiger partial charge in [-0.05, 0) is 10.7 Å². The van der Waals surface area contributed by atoms with E-state index in [9.17, 15) is 0 Å². The van der Waals surface area contributed by atoms with Gasteiger partial charge in [0.25, 0.3) is 8.05 Å². The summed E-state index contributed by atoms with van der Waals surface area (Å²) in [6.07, 6.45) is 0. The molecule has 40 valence electrons. The number of halogens is 1. The van der Waals surface area contributed by atoms with Crippen LogP contribution in [0.5, 0.6) is 0 Å². The van der Waals surface area contributed by atoms with Crippen molar-refractivity contribution in [2.75, 3.05) is 12.4 Å². The third-order valence-corrected chi connectivity index (χ3v) is 2.32. The quantitative estimate of drug-likeness (QED) is 0.346. The first-order chi connectivity index (χ1) is 3.41. The second-order valence-corrected chi connectivity index (χ2v) is 3.74. The monoisotopic (exact) mass is 154 g/mol. The van der Waals surface area contributed by atoms with E-state index in [1.807, 2.05) is 0 Å². The van der Waals surface area contributed by atoms with E-state index in [-0.39, 0.29) is 0 Å². The van der Waals surface area contributed by atoms with E-state index >= 15 is 0 Å². The fourth-order valence-electron chi connectivity index (χ4n) is 0.114. The minimum Gasteiger partial charge on any atom is -0.447 e. The smallest absolute Gasteiger partial charge is 0.282 e. The van der Waals surface area contributed by atoms with Crippen LogP contribution in [0.25, 0.3) is 0 Å². The third kappa shape index (κ3) is 7.01. The Labute approximate surface area is 56.9 Å². The van der Waals surface area contributed by atoms with Crippen molar-refractivity contribution in [2.24, 2.45) is 0 Å². The van der Waals surface area contributed by atoms with E-state index in [0.29, 0.717) is 6.61 Å². The molecule has 0 aromatic rings. The maximum absolute atomic E-state index is 5.22. The van der Waals surface area contributed by atoms with Crippen LogP contribution in [0.15, 0.2) is 0 Å². The van der Waals surface area contributed by atoms with Crippen LogP contribution in [-0.4, -0.2) is 20.4 Å². The van der Waals surface area contributed by atoms with Crippen LogP contribution < -0.4 is 0 Å². The molecule has 0 aromatic heterocycles. The van der Waals surface area contributed by atoms with Crippen LogP contribution in [0.4, 0.5) is 0 Å². The lowest BCUT2D eigenvalue weighted by molar-refractivity contribution is 0.380. The summed E-state index contributed by atoms with van der Waals surface area (Å²) in [5.41, 5.74) is 0. The first kappa shape index (κ1) is 8.01. The molecular formula is C2H4BClOS2. The zero-order chi connectivity index (χ0) is 5.54. The van der Waals surface area contributed by atoms with Gasteiger partial charge in [-0.25, -0.2) is 0 Å². The fourth-order valence-corrected chi connectivity index (χ4v) is 1.30. The topological polar surface area (TPSA) is 9.23 Å². The molecule has 0 amide bonds. The van der Waals surface area contributed by atoms with Crippen molar-refractivity contribution in [1.29, 1.82) is 0 Å². The molecular weight excluding hydrogens is 150 g/mol. The molecule has 0 saturated carbocycles. The highest BCUT2D eigenvalue weighted by atomic mass is 35.7. The summed E-state index contributed by atoms with van der Waals surface area (Å²) < 4.78 is 4.25. The maximum atomic E-state index is 5.22. The summed E-state index contributed by atoms with van der Waals surface area (Å²) in [6.45, 7) is 0.560. The van der Waals surface area contributed by atoms with Crippen molar-refractivity contribution < 1.29 is 4.65 Å². The first-order valence-electron chi connectivity index (χ1n) is 1.63. The molecule has 0 unspecified atom stereocenters. The lowest BCUT2D eigenvalue weighted by Gasteiger charge is -1.91. The Morgan fingerprint density at radius 1 is 1.71 bits per heavy atom. The summed E-state index contributed by atoms with van der Waals surface area (Å²) in [7, 11) is 12.6. The van der Waals surface area contributed by atoms with Gasteiger partial charge in [-0.1, -0.05) is 10.8 Å². The van der Waals surface area contributed by atoms with E-state index in [2.05, 4.69) is 4.65 Å². The van der Waals surface area contributed by atoms with E-state index in [1.165, 1.54) is 20.8 Å². The number of rotatable bonds is 4. The Morgan fingerprint density at radius 3 is 2.86 bits per heavy atom. The zero-order valence-corrected chi connectivity index (χ0v) is 5.98. The first-order valence-corrected chi connectivity index (χ1v) is 4.78. The molecule has 0 saturated heterocycles. The Kier molecular flexibility index (Phi) is 8.03. The van der Waals surface area contributed by atoms with Gasteiger partial charge in [-0.15, -0.1) is 0 Å². The van der Waals surface area contributed by atoms with Gasteiger partial charge in [0.2, 0.25) is 0 Å². The highest BCUT2D eigenvalue weighted by molar-refractivity contribution is 8.85. The molecule has 0 aliphatic carbocycles. The molecule has 0 spiro atoms. The summed E-state index contributed by atoms with van der Waals surface area (Å²) in [4.78, 5) is 0. The van der Waals surface area contributed by atoms with Crippen molar-refractivity contribution in [3.8, 4) is 0 Å². The molecule has 0 heterocycles. The molecule has 0 aromatic carbocycles. The van der Waals surface area contributed by atoms with Gasteiger partial charge in [0.1, 0.15) is 0 Å². The summed E-state index contributed by atoms with van der Waals surface area (Å²) in [5.74, 6) is 0.838. The van der Waals surface area contributed by atoms with Gasteiger partial charge in [0.15, 0.2) is 0 Å². The van der Waals surface area contributed by atoms with E-state index in [4.69, 9.17) is 18.7 Å². The molecule has 0 N–H and O–H groups in total. The van der Waals surface area contributed by atoms with Crippen LogP contribution >= 0.6 is 31.5 Å². The predicted molar refractivity (Wildman–Crippen MR) is 37.6 cm³/mol. The van der Waals surface area contributed by atoms with Crippen molar-refractivity contribution in [1.82, 2.24) is 0 Å². The van der Waals surface area contributed by atoms with E-state index in [0.717, 1.165) is 5.75 Å². The fraction of sp³-hybridized carbons (Fsp3) is 1.00. The average molecular weight is 154 g/mol. The summed E-state index contributed by atoms with van der Waals surface area (Å²) in [6, 6.07) is 0. The average Bonchev–Trinajstić information content (AvgIpc) is 1.69. The third-order valence-electron chi connectivity index (χ3n) is 0.329. The highest BCUT2D eigenvalue weighted by Gasteiger charge is 1.82. The molecule has 0 atom stereocenters. The molecule has 0 bridgehead atoms. The van der Waals surface area contributed by atoms with Gasteiger partial charge >= 0.3 is 0 Å². The minimum atomic E-state index is 0.560. The molecule has 5 heteroatoms. The van der Waals surface area contributed by atoms with Crippen LogP contribution in [-0.2, 0) is 4.65 Å². The Hall–Kier alpha value is 1.01. The molecule has 2 radical (unpaired) electrons. The van der Waals surface area contributed by atoms with Crippen LogP contribution in [0.1, 0.15) is 0 Å². The Balaban J connectivity index is 2.45. The van der Waals surface area contributed by atoms with E-state index in [1.54, 1.807) is 0 Å². The van der Waals surface area contributed by atoms with Crippen molar-refractivity contribution in [3.63, 3.8) is 0 Å². The summed E-state index contributed by atoms with van der Waals surface area (Å²) in [5, 5.41) is 0. The van der Waals surface area contributed by atoms with Crippen LogP contribution in [0.2, 0.25) is 0 Å². The number of hydrogen-bond acceptors (Lipinski definition) is 3. The van der Waals surface area contributed by atoms with Gasteiger partial charge in [0, 0.05) is 22.4 Å². The van der Waals surface area contributed by atoms with Gasteiger partial charge < -0.3 is 4.65 Å². The van der Waals surface area contributed by atoms with Crippen molar-refractivity contribution >= 4 is 39.5 Å². The standard InChI is InChI=1S/C2H4BClOS2/c3-5-1-2-6-7-4/h1-2H2. The van der Waals surface area contributed by atoms with Crippen LogP contribution in [0, 0.1) is 0 Å². The van der Waals surface area contributed by atoms with Crippen molar-refractivity contribution in [2.45, 2.75) is 0 Å². The normalized spacial score (nSPS) is 9.29. The molecule has 0 fully saturated rings. The summed E-state index contributed by atoms with van der Waals surface area (Å²) >= 11 is 0. The molecule has 0 aliphatic rings. The van der Waals surface area contributed by atoms with Crippen molar-refractivity contribution in [3.05, 3.63) is 0 Å². The Bertz CT molecular complexity index is 34.9. The SMILES string of the molecule is [B]OCCSSCl. The molecule has 1 nitrogen and oxygen atoms in total. The van der Waals surface area contributed by atoms with Gasteiger partial charge in [-0.3, -0.25) is 0 Å². The van der Waals surface area contributed by atoms with Gasteiger partial charge in [-0.2, -0.15) is 0 Å². The molecule has 0 aliphatic heterocycles. The van der Waals surface area contributed by atoms with Gasteiger partial charge in [0.05, 0.1) is 0 Å². The minimum absolute atomic E-state index is 0.560. The molecule has 7 heavy (non-hydrogen) atoms. The lowest BCUT2D eigenvalue weighted by atomic mass is 10.6.